The van der Waals surface area contributed by atoms with Crippen molar-refractivity contribution in [2.24, 2.45) is 0 Å². The number of aromatic nitrogens is 6. The molecule has 0 saturated carbocycles. The number of hydrogen-bond donors (Lipinski definition) is 1. The molecule has 0 aliphatic heterocycles. The van der Waals surface area contributed by atoms with Crippen LogP contribution in [-0.4, -0.2) is 35.3 Å². The van der Waals surface area contributed by atoms with E-state index in [0.717, 1.165) is 36.1 Å². The lowest BCUT2D eigenvalue weighted by Crippen LogP contribution is -2.32. The first kappa shape index (κ1) is 18.5. The minimum atomic E-state index is -0.0342. The van der Waals surface area contributed by atoms with Crippen LogP contribution in [0.2, 0.25) is 0 Å². The fraction of sp³-hybridized carbons (Fsp3) is 0.318. The third kappa shape index (κ3) is 3.34. The molecule has 1 amide bonds. The van der Waals surface area contributed by atoms with Gasteiger partial charge < -0.3 is 5.32 Å². The van der Waals surface area contributed by atoms with E-state index in [2.05, 4.69) is 57.5 Å². The smallest absolute Gasteiger partial charge is 0.252 e. The number of carbonyl (C=O) groups is 1. The van der Waals surface area contributed by atoms with Gasteiger partial charge in [-0.2, -0.15) is 15.2 Å². The van der Waals surface area contributed by atoms with Crippen LogP contribution < -0.4 is 5.32 Å². The largest absolute Gasteiger partial charge is 0.349 e. The summed E-state index contributed by atoms with van der Waals surface area (Å²) in [5.74, 6) is 0.489. The average Bonchev–Trinajstić information content (AvgIpc) is 3.37. The van der Waals surface area contributed by atoms with Gasteiger partial charge in [0.1, 0.15) is 6.33 Å². The first-order chi connectivity index (χ1) is 14.6. The lowest BCUT2D eigenvalue weighted by Gasteiger charge is -2.24. The van der Waals surface area contributed by atoms with Gasteiger partial charge >= 0.3 is 0 Å². The van der Waals surface area contributed by atoms with Gasteiger partial charge in [-0.1, -0.05) is 6.07 Å². The van der Waals surface area contributed by atoms with Crippen molar-refractivity contribution >= 4 is 11.7 Å². The topological polar surface area (TPSA) is 90.0 Å². The molecule has 8 nitrogen and oxygen atoms in total. The van der Waals surface area contributed by atoms with E-state index in [1.165, 1.54) is 23.1 Å². The molecule has 0 spiro atoms. The standard InChI is InChI=1S/C22H23N7O/c1-14-6-7-17(8-15(14)2)29-20-5-3-4-19(18(20)11-25-29)27-21(30)9-16-10-23-22-24-13-26-28(22)12-16/h6-8,10-13,19H,3-5,9H2,1-2H3,(H,27,30). The van der Waals surface area contributed by atoms with Crippen LogP contribution in [0.15, 0.2) is 43.1 Å². The van der Waals surface area contributed by atoms with Gasteiger partial charge in [0.15, 0.2) is 0 Å². The van der Waals surface area contributed by atoms with Crippen molar-refractivity contribution in [3.8, 4) is 5.69 Å². The molecule has 3 heterocycles. The normalized spacial score (nSPS) is 15.9. The molecule has 0 saturated heterocycles. The molecular formula is C22H23N7O. The van der Waals surface area contributed by atoms with Gasteiger partial charge in [-0.3, -0.25) is 4.79 Å². The Bertz CT molecular complexity index is 1240. The molecule has 0 radical (unpaired) electrons. The highest BCUT2D eigenvalue weighted by Crippen LogP contribution is 2.31. The van der Waals surface area contributed by atoms with Crippen LogP contribution in [0.25, 0.3) is 11.5 Å². The van der Waals surface area contributed by atoms with E-state index in [1.807, 2.05) is 10.9 Å². The molecule has 152 valence electrons. The molecule has 3 aromatic heterocycles. The third-order valence-electron chi connectivity index (χ3n) is 5.81. The van der Waals surface area contributed by atoms with Crippen LogP contribution in [0.1, 0.15) is 46.8 Å². The first-order valence-corrected chi connectivity index (χ1v) is 10.2. The summed E-state index contributed by atoms with van der Waals surface area (Å²) in [4.78, 5) is 21.0. The zero-order valence-electron chi connectivity index (χ0n) is 17.0. The Morgan fingerprint density at radius 2 is 2.07 bits per heavy atom. The van der Waals surface area contributed by atoms with Gasteiger partial charge in [-0.25, -0.2) is 14.2 Å². The summed E-state index contributed by atoms with van der Waals surface area (Å²) < 4.78 is 3.59. The molecule has 1 N–H and O–H groups in total. The summed E-state index contributed by atoms with van der Waals surface area (Å²) in [6, 6.07) is 6.37. The average molecular weight is 401 g/mol. The summed E-state index contributed by atoms with van der Waals surface area (Å²) in [7, 11) is 0. The van der Waals surface area contributed by atoms with Crippen LogP contribution in [-0.2, 0) is 17.6 Å². The van der Waals surface area contributed by atoms with E-state index in [9.17, 15) is 4.79 Å². The molecule has 1 aliphatic carbocycles. The zero-order valence-corrected chi connectivity index (χ0v) is 17.0. The zero-order chi connectivity index (χ0) is 20.7. The van der Waals surface area contributed by atoms with Gasteiger partial charge in [-0.05, 0) is 61.9 Å². The van der Waals surface area contributed by atoms with E-state index >= 15 is 0 Å². The van der Waals surface area contributed by atoms with Crippen LogP contribution in [0.5, 0.6) is 0 Å². The number of fused-ring (bicyclic) bond motifs is 2. The Morgan fingerprint density at radius 1 is 1.17 bits per heavy atom. The van der Waals surface area contributed by atoms with E-state index in [0.29, 0.717) is 5.78 Å². The second kappa shape index (κ2) is 7.37. The van der Waals surface area contributed by atoms with E-state index < -0.39 is 0 Å². The Morgan fingerprint density at radius 3 is 2.93 bits per heavy atom. The van der Waals surface area contributed by atoms with Crippen molar-refractivity contribution in [2.75, 3.05) is 0 Å². The van der Waals surface area contributed by atoms with Crippen LogP contribution >= 0.6 is 0 Å². The van der Waals surface area contributed by atoms with Crippen LogP contribution in [0.3, 0.4) is 0 Å². The number of nitrogens with one attached hydrogen (secondary N) is 1. The van der Waals surface area contributed by atoms with Gasteiger partial charge in [0.25, 0.3) is 5.78 Å². The molecule has 1 aromatic carbocycles. The predicted molar refractivity (Wildman–Crippen MR) is 111 cm³/mol. The van der Waals surface area contributed by atoms with Gasteiger partial charge in [-0.15, -0.1) is 0 Å². The molecule has 1 unspecified atom stereocenters. The molecule has 0 bridgehead atoms. The lowest BCUT2D eigenvalue weighted by atomic mass is 9.92. The van der Waals surface area contributed by atoms with Gasteiger partial charge in [0.05, 0.1) is 24.3 Å². The summed E-state index contributed by atoms with van der Waals surface area (Å²) in [5, 5.41) is 11.9. The van der Waals surface area contributed by atoms with Crippen LogP contribution in [0.4, 0.5) is 0 Å². The van der Waals surface area contributed by atoms with Crippen LogP contribution in [0, 0.1) is 13.8 Å². The quantitative estimate of drug-likeness (QED) is 0.568. The highest BCUT2D eigenvalue weighted by molar-refractivity contribution is 5.79. The first-order valence-electron chi connectivity index (χ1n) is 10.2. The monoisotopic (exact) mass is 401 g/mol. The van der Waals surface area contributed by atoms with Crippen molar-refractivity contribution in [1.82, 2.24) is 34.7 Å². The van der Waals surface area contributed by atoms with Crippen molar-refractivity contribution < 1.29 is 4.79 Å². The number of hydrogen-bond acceptors (Lipinski definition) is 5. The fourth-order valence-electron chi connectivity index (χ4n) is 4.07. The minimum Gasteiger partial charge on any atom is -0.349 e. The van der Waals surface area contributed by atoms with Crippen molar-refractivity contribution in [3.05, 3.63) is 71.1 Å². The summed E-state index contributed by atoms with van der Waals surface area (Å²) in [6.45, 7) is 4.22. The van der Waals surface area contributed by atoms with Crippen molar-refractivity contribution in [3.63, 3.8) is 0 Å². The molecule has 1 aliphatic rings. The fourth-order valence-corrected chi connectivity index (χ4v) is 4.07. The predicted octanol–water partition coefficient (Wildman–Crippen LogP) is 2.66. The number of aryl methyl sites for hydroxylation is 2. The maximum atomic E-state index is 12.7. The number of carbonyl (C=O) groups excluding carboxylic acids is 1. The summed E-state index contributed by atoms with van der Waals surface area (Å²) >= 11 is 0. The molecule has 5 rings (SSSR count). The Balaban J connectivity index is 1.35. The maximum absolute atomic E-state index is 12.7. The van der Waals surface area contributed by atoms with E-state index in [-0.39, 0.29) is 18.4 Å². The van der Waals surface area contributed by atoms with E-state index in [4.69, 9.17) is 0 Å². The second-order valence-electron chi connectivity index (χ2n) is 7.88. The number of nitrogens with zero attached hydrogens (tertiary/aromatic N) is 6. The Labute approximate surface area is 174 Å². The molecule has 0 fully saturated rings. The second-order valence-corrected chi connectivity index (χ2v) is 7.88. The molecule has 30 heavy (non-hydrogen) atoms. The number of benzene rings is 1. The van der Waals surface area contributed by atoms with E-state index in [1.54, 1.807) is 16.9 Å². The lowest BCUT2D eigenvalue weighted by molar-refractivity contribution is -0.121. The summed E-state index contributed by atoms with van der Waals surface area (Å²) in [5.41, 5.74) is 6.67. The SMILES string of the molecule is Cc1ccc(-n2ncc3c2CCCC3NC(=O)Cc2cnc3ncnn3c2)cc1C. The Hall–Kier alpha value is -3.55. The number of amides is 1. The Kier molecular flexibility index (Phi) is 4.54. The third-order valence-corrected chi connectivity index (χ3v) is 5.81. The molecule has 1 atom stereocenters. The molecule has 8 heteroatoms. The molecular weight excluding hydrogens is 378 g/mol. The summed E-state index contributed by atoms with van der Waals surface area (Å²) in [6.07, 6.45) is 9.95. The number of rotatable bonds is 4. The van der Waals surface area contributed by atoms with Crippen molar-refractivity contribution in [1.29, 1.82) is 0 Å². The highest BCUT2D eigenvalue weighted by atomic mass is 16.1. The minimum absolute atomic E-state index is 0.0235. The van der Waals surface area contributed by atoms with Gasteiger partial charge in [0.2, 0.25) is 5.91 Å². The van der Waals surface area contributed by atoms with Crippen molar-refractivity contribution in [2.45, 2.75) is 45.6 Å². The highest BCUT2D eigenvalue weighted by Gasteiger charge is 2.26. The van der Waals surface area contributed by atoms with Gasteiger partial charge in [0, 0.05) is 23.7 Å². The molecule has 4 aromatic rings. The maximum Gasteiger partial charge on any atom is 0.252 e.